The topological polar surface area (TPSA) is 12.5 Å². The monoisotopic (exact) mass is 705 g/mol. The molecule has 0 aromatic heterocycles. The van der Waals surface area contributed by atoms with E-state index < -0.39 is 0 Å². The van der Waals surface area contributed by atoms with Crippen molar-refractivity contribution in [1.82, 2.24) is 0 Å². The molecule has 0 spiro atoms. The van der Waals surface area contributed by atoms with Crippen LogP contribution >= 0.6 is 0 Å². The first-order valence-corrected chi connectivity index (χ1v) is 19.0. The molecule has 1 heterocycles. The number of ether oxygens (including phenoxy) is 1. The van der Waals surface area contributed by atoms with Crippen LogP contribution in [-0.4, -0.2) is 0 Å². The number of anilines is 3. The van der Waals surface area contributed by atoms with Gasteiger partial charge in [0.15, 0.2) is 0 Å². The van der Waals surface area contributed by atoms with E-state index in [4.69, 9.17) is 4.74 Å². The molecule has 0 saturated heterocycles. The average molecular weight is 706 g/mol. The Kier molecular flexibility index (Phi) is 7.85. The maximum atomic E-state index is 6.36. The molecule has 0 N–H and O–H groups in total. The van der Waals surface area contributed by atoms with E-state index in [0.29, 0.717) is 0 Å². The van der Waals surface area contributed by atoms with Crippen molar-refractivity contribution in [2.75, 3.05) is 4.90 Å². The van der Waals surface area contributed by atoms with Gasteiger partial charge in [0.1, 0.15) is 11.5 Å². The summed E-state index contributed by atoms with van der Waals surface area (Å²) in [5, 5.41) is 5.01. The minimum absolute atomic E-state index is 0.173. The van der Waals surface area contributed by atoms with Gasteiger partial charge in [0.25, 0.3) is 0 Å². The first-order chi connectivity index (χ1) is 27.0. The molecule has 0 fully saturated rings. The second-order valence-electron chi connectivity index (χ2n) is 15.0. The van der Waals surface area contributed by atoms with E-state index in [2.05, 4.69) is 213 Å². The van der Waals surface area contributed by atoms with Crippen molar-refractivity contribution >= 4 is 38.6 Å². The molecule has 2 heteroatoms. The molecule has 55 heavy (non-hydrogen) atoms. The maximum absolute atomic E-state index is 6.36. The molecule has 0 saturated carbocycles. The quantitative estimate of drug-likeness (QED) is 0.171. The van der Waals surface area contributed by atoms with Crippen LogP contribution in [0.2, 0.25) is 0 Å². The lowest BCUT2D eigenvalue weighted by molar-refractivity contribution is 0.418. The fourth-order valence-corrected chi connectivity index (χ4v) is 8.41. The number of fused-ring (bicyclic) bond motifs is 4. The Labute approximate surface area is 322 Å². The number of hydrogen-bond donors (Lipinski definition) is 0. The second-order valence-corrected chi connectivity index (χ2v) is 15.0. The highest BCUT2D eigenvalue weighted by Crippen LogP contribution is 2.49. The summed E-state index contributed by atoms with van der Waals surface area (Å²) in [6.45, 7) is 4.57. The summed E-state index contributed by atoms with van der Waals surface area (Å²) >= 11 is 0. The van der Waals surface area contributed by atoms with Crippen molar-refractivity contribution in [3.05, 3.63) is 211 Å². The summed E-state index contributed by atoms with van der Waals surface area (Å²) in [5.74, 6) is 1.86. The highest BCUT2D eigenvalue weighted by Gasteiger charge is 2.34. The highest BCUT2D eigenvalue weighted by molar-refractivity contribution is 5.98. The lowest BCUT2D eigenvalue weighted by Crippen LogP contribution is -2.24. The molecule has 1 aliphatic rings. The van der Waals surface area contributed by atoms with E-state index in [1.165, 1.54) is 66.1 Å². The van der Waals surface area contributed by atoms with Gasteiger partial charge in [-0.1, -0.05) is 159 Å². The average Bonchev–Trinajstić information content (AvgIpc) is 3.24. The zero-order valence-electron chi connectivity index (χ0n) is 30.9. The van der Waals surface area contributed by atoms with Crippen molar-refractivity contribution in [3.63, 3.8) is 0 Å². The lowest BCUT2D eigenvalue weighted by atomic mass is 9.75. The largest absolute Gasteiger partial charge is 0.457 e. The van der Waals surface area contributed by atoms with Crippen LogP contribution in [0.4, 0.5) is 17.1 Å². The molecule has 10 rings (SSSR count). The van der Waals surface area contributed by atoms with Crippen LogP contribution in [-0.2, 0) is 5.41 Å². The normalized spacial score (nSPS) is 12.8. The van der Waals surface area contributed by atoms with Crippen molar-refractivity contribution in [2.24, 2.45) is 0 Å². The van der Waals surface area contributed by atoms with Crippen LogP contribution < -0.4 is 9.64 Å². The van der Waals surface area contributed by atoms with Crippen molar-refractivity contribution in [3.8, 4) is 44.9 Å². The summed E-state index contributed by atoms with van der Waals surface area (Å²) in [4.78, 5) is 2.35. The first kappa shape index (κ1) is 32.7. The molecule has 0 aliphatic carbocycles. The Bertz CT molecular complexity index is 2720. The van der Waals surface area contributed by atoms with E-state index in [1.54, 1.807) is 0 Å². The van der Waals surface area contributed by atoms with Gasteiger partial charge in [-0.25, -0.2) is 0 Å². The minimum atomic E-state index is -0.173. The smallest absolute Gasteiger partial charge is 0.131 e. The van der Waals surface area contributed by atoms with E-state index in [1.807, 2.05) is 6.07 Å². The molecule has 9 aromatic rings. The van der Waals surface area contributed by atoms with Gasteiger partial charge in [0.05, 0.1) is 0 Å². The van der Waals surface area contributed by atoms with Gasteiger partial charge in [0.2, 0.25) is 0 Å². The standard InChI is InChI=1S/C53H39NO/c1-53(2)49-19-7-8-20-51(49)55-52-34-27-41(35-50(52)53)36-21-28-42(29-22-36)54(43-30-23-39(24-31-43)47-17-9-13-37-11-3-5-15-45(37)47)44-32-25-40(26-33-44)48-18-10-14-38-12-4-6-16-46(38)48/h3-35H,1-2H3. The van der Waals surface area contributed by atoms with E-state index >= 15 is 0 Å². The summed E-state index contributed by atoms with van der Waals surface area (Å²) in [5.41, 5.74) is 12.7. The molecule has 0 radical (unpaired) electrons. The summed E-state index contributed by atoms with van der Waals surface area (Å²) in [6.07, 6.45) is 0. The van der Waals surface area contributed by atoms with Gasteiger partial charge in [0, 0.05) is 33.6 Å². The van der Waals surface area contributed by atoms with Crippen molar-refractivity contribution in [1.29, 1.82) is 0 Å². The lowest BCUT2D eigenvalue weighted by Gasteiger charge is -2.34. The van der Waals surface area contributed by atoms with Crippen molar-refractivity contribution in [2.45, 2.75) is 19.3 Å². The SMILES string of the molecule is CC1(C)c2ccccc2Oc2ccc(-c3ccc(N(c4ccc(-c5cccc6ccccc56)cc4)c4ccc(-c5cccc6ccccc56)cc4)cc3)cc21. The number of nitrogens with zero attached hydrogens (tertiary/aromatic N) is 1. The Morgan fingerprint density at radius 1 is 0.364 bits per heavy atom. The zero-order valence-corrected chi connectivity index (χ0v) is 30.9. The second kappa shape index (κ2) is 13.2. The van der Waals surface area contributed by atoms with Gasteiger partial charge in [-0.3, -0.25) is 0 Å². The molecule has 2 nitrogen and oxygen atoms in total. The third-order valence-corrected chi connectivity index (χ3v) is 11.3. The van der Waals surface area contributed by atoms with E-state index in [0.717, 1.165) is 28.6 Å². The predicted molar refractivity (Wildman–Crippen MR) is 231 cm³/mol. The summed E-state index contributed by atoms with van der Waals surface area (Å²) in [7, 11) is 0. The molecular formula is C53H39NO. The highest BCUT2D eigenvalue weighted by atomic mass is 16.5. The number of para-hydroxylation sites is 1. The summed E-state index contributed by atoms with van der Waals surface area (Å²) in [6, 6.07) is 72.2. The molecule has 9 aromatic carbocycles. The Morgan fingerprint density at radius 3 is 1.36 bits per heavy atom. The van der Waals surface area contributed by atoms with Gasteiger partial charge in [-0.05, 0) is 110 Å². The number of rotatable bonds is 6. The molecule has 0 amide bonds. The Balaban J connectivity index is 1.03. The van der Waals surface area contributed by atoms with Gasteiger partial charge >= 0.3 is 0 Å². The van der Waals surface area contributed by atoms with Crippen LogP contribution in [0, 0.1) is 0 Å². The number of hydrogen-bond acceptors (Lipinski definition) is 2. The molecule has 0 unspecified atom stereocenters. The molecular weight excluding hydrogens is 667 g/mol. The summed E-state index contributed by atoms with van der Waals surface area (Å²) < 4.78 is 6.36. The van der Waals surface area contributed by atoms with Gasteiger partial charge in [-0.2, -0.15) is 0 Å². The fraction of sp³-hybridized carbons (Fsp3) is 0.0566. The minimum Gasteiger partial charge on any atom is -0.457 e. The fourth-order valence-electron chi connectivity index (χ4n) is 8.41. The van der Waals surface area contributed by atoms with Crippen LogP contribution in [0.25, 0.3) is 54.9 Å². The third kappa shape index (κ3) is 5.75. The first-order valence-electron chi connectivity index (χ1n) is 19.0. The zero-order chi connectivity index (χ0) is 36.9. The predicted octanol–water partition coefficient (Wildman–Crippen LogP) is 14.9. The van der Waals surface area contributed by atoms with Gasteiger partial charge in [-0.15, -0.1) is 0 Å². The van der Waals surface area contributed by atoms with Crippen LogP contribution in [0.15, 0.2) is 200 Å². The van der Waals surface area contributed by atoms with E-state index in [9.17, 15) is 0 Å². The molecule has 0 atom stereocenters. The number of benzene rings is 9. The van der Waals surface area contributed by atoms with Crippen LogP contribution in [0.1, 0.15) is 25.0 Å². The third-order valence-electron chi connectivity index (χ3n) is 11.3. The molecule has 1 aliphatic heterocycles. The Morgan fingerprint density at radius 2 is 0.800 bits per heavy atom. The maximum Gasteiger partial charge on any atom is 0.131 e. The van der Waals surface area contributed by atoms with Crippen LogP contribution in [0.5, 0.6) is 11.5 Å². The van der Waals surface area contributed by atoms with E-state index in [-0.39, 0.29) is 5.41 Å². The molecule has 0 bridgehead atoms. The van der Waals surface area contributed by atoms with Crippen molar-refractivity contribution < 1.29 is 4.74 Å². The van der Waals surface area contributed by atoms with Crippen LogP contribution in [0.3, 0.4) is 0 Å². The van der Waals surface area contributed by atoms with Gasteiger partial charge < -0.3 is 9.64 Å². The Hall–Kier alpha value is -6.90. The molecule has 262 valence electrons.